The Kier molecular flexibility index (Phi) is 6.42. The maximum Gasteiger partial charge on any atom is 0.255 e. The maximum atomic E-state index is 12.6. The summed E-state index contributed by atoms with van der Waals surface area (Å²) in [6.45, 7) is 1.56. The first-order valence-electron chi connectivity index (χ1n) is 8.52. The van der Waals surface area contributed by atoms with Crippen LogP contribution in [0, 0.1) is 0 Å². The number of carbonyl (C=O) groups excluding carboxylic acids is 1. The minimum atomic E-state index is -3.33. The van der Waals surface area contributed by atoms with Crippen LogP contribution in [0.5, 0.6) is 11.6 Å². The number of para-hydroxylation sites is 2. The lowest BCUT2D eigenvalue weighted by Crippen LogP contribution is -2.13. The summed E-state index contributed by atoms with van der Waals surface area (Å²) in [6, 6.07) is 14.0. The Balaban J connectivity index is 1.81. The van der Waals surface area contributed by atoms with Gasteiger partial charge in [0.25, 0.3) is 5.91 Å². The maximum absolute atomic E-state index is 12.6. The lowest BCUT2D eigenvalue weighted by atomic mass is 10.2. The summed E-state index contributed by atoms with van der Waals surface area (Å²) in [6.07, 6.45) is 1.40. The van der Waals surface area contributed by atoms with Gasteiger partial charge in [-0.2, -0.15) is 0 Å². The molecule has 1 heterocycles. The third-order valence-electron chi connectivity index (χ3n) is 3.97. The Morgan fingerprint density at radius 2 is 1.79 bits per heavy atom. The summed E-state index contributed by atoms with van der Waals surface area (Å²) >= 11 is 11.9. The number of sulfone groups is 1. The van der Waals surface area contributed by atoms with Crippen LogP contribution in [0.4, 0.5) is 5.69 Å². The number of hydrogen-bond donors (Lipinski definition) is 1. The van der Waals surface area contributed by atoms with Crippen molar-refractivity contribution in [3.05, 3.63) is 76.4 Å². The molecule has 0 radical (unpaired) electrons. The molecule has 29 heavy (non-hydrogen) atoms. The van der Waals surface area contributed by atoms with Crippen molar-refractivity contribution in [2.24, 2.45) is 0 Å². The van der Waals surface area contributed by atoms with Crippen molar-refractivity contribution in [3.8, 4) is 11.6 Å². The van der Waals surface area contributed by atoms with Crippen LogP contribution in [0.25, 0.3) is 0 Å². The first-order chi connectivity index (χ1) is 13.8. The molecule has 9 heteroatoms. The monoisotopic (exact) mass is 450 g/mol. The summed E-state index contributed by atoms with van der Waals surface area (Å²) in [5.74, 6) is 0.0520. The number of carbonyl (C=O) groups is 1. The topological polar surface area (TPSA) is 85.4 Å². The minimum Gasteiger partial charge on any atom is -0.435 e. The average Bonchev–Trinajstić information content (AvgIpc) is 2.71. The van der Waals surface area contributed by atoms with Crippen LogP contribution < -0.4 is 10.1 Å². The van der Waals surface area contributed by atoms with Crippen LogP contribution in [-0.2, 0) is 9.84 Å². The number of halogens is 2. The van der Waals surface area contributed by atoms with E-state index in [9.17, 15) is 13.2 Å². The molecule has 0 aliphatic rings. The summed E-state index contributed by atoms with van der Waals surface area (Å²) in [4.78, 5) is 16.8. The summed E-state index contributed by atoms with van der Waals surface area (Å²) in [5.41, 5.74) is 0.702. The Labute approximate surface area is 178 Å². The van der Waals surface area contributed by atoms with Crippen molar-refractivity contribution in [2.45, 2.75) is 11.8 Å². The largest absolute Gasteiger partial charge is 0.435 e. The molecule has 0 aliphatic carbocycles. The Bertz CT molecular complexity index is 1150. The van der Waals surface area contributed by atoms with E-state index < -0.39 is 15.7 Å². The van der Waals surface area contributed by atoms with Gasteiger partial charge >= 0.3 is 0 Å². The van der Waals surface area contributed by atoms with Gasteiger partial charge in [0.1, 0.15) is 5.02 Å². The first kappa shape index (κ1) is 21.1. The van der Waals surface area contributed by atoms with E-state index in [1.807, 2.05) is 0 Å². The minimum absolute atomic E-state index is 0.00937. The van der Waals surface area contributed by atoms with Gasteiger partial charge in [-0.05, 0) is 42.5 Å². The molecular formula is C20H16Cl2N2O4S. The highest BCUT2D eigenvalue weighted by Crippen LogP contribution is 2.33. The zero-order valence-corrected chi connectivity index (χ0v) is 17.6. The van der Waals surface area contributed by atoms with Crippen molar-refractivity contribution in [1.29, 1.82) is 0 Å². The highest BCUT2D eigenvalue weighted by atomic mass is 35.5. The van der Waals surface area contributed by atoms with E-state index in [0.29, 0.717) is 22.0 Å². The summed E-state index contributed by atoms with van der Waals surface area (Å²) in [5, 5.41) is 3.34. The number of benzene rings is 2. The molecule has 6 nitrogen and oxygen atoms in total. The van der Waals surface area contributed by atoms with Gasteiger partial charge in [0, 0.05) is 11.8 Å². The van der Waals surface area contributed by atoms with E-state index in [2.05, 4.69) is 10.3 Å². The fourth-order valence-electron chi connectivity index (χ4n) is 2.41. The van der Waals surface area contributed by atoms with Gasteiger partial charge in [-0.15, -0.1) is 0 Å². The Morgan fingerprint density at radius 1 is 1.10 bits per heavy atom. The number of anilines is 1. The second-order valence-electron chi connectivity index (χ2n) is 5.92. The van der Waals surface area contributed by atoms with Crippen molar-refractivity contribution in [1.82, 2.24) is 4.98 Å². The van der Waals surface area contributed by atoms with E-state index in [0.717, 1.165) is 0 Å². The van der Waals surface area contributed by atoms with Gasteiger partial charge in [-0.25, -0.2) is 13.4 Å². The summed E-state index contributed by atoms with van der Waals surface area (Å²) < 4.78 is 29.5. The number of rotatable bonds is 6. The van der Waals surface area contributed by atoms with Crippen molar-refractivity contribution in [2.75, 3.05) is 11.1 Å². The molecule has 1 amide bonds. The normalized spacial score (nSPS) is 11.1. The number of amides is 1. The predicted molar refractivity (Wildman–Crippen MR) is 113 cm³/mol. The smallest absolute Gasteiger partial charge is 0.255 e. The van der Waals surface area contributed by atoms with E-state index >= 15 is 0 Å². The van der Waals surface area contributed by atoms with Gasteiger partial charge in [-0.3, -0.25) is 4.79 Å². The fraction of sp³-hybridized carbons (Fsp3) is 0.100. The standard InChI is InChI=1S/C20H16Cl2N2O4S/c1-2-29(26,27)15-9-7-13(8-10-15)19(25)24-17-5-3-4-6-18(17)28-20-16(22)11-14(21)12-23-20/h3-12H,2H2,1H3,(H,24,25). The van der Waals surface area contributed by atoms with Crippen LogP contribution in [-0.4, -0.2) is 25.1 Å². The number of nitrogens with one attached hydrogen (secondary N) is 1. The Morgan fingerprint density at radius 3 is 2.45 bits per heavy atom. The number of nitrogens with zero attached hydrogens (tertiary/aromatic N) is 1. The molecule has 2 aromatic carbocycles. The van der Waals surface area contributed by atoms with Crippen LogP contribution in [0.15, 0.2) is 65.7 Å². The first-order valence-corrected chi connectivity index (χ1v) is 10.9. The number of hydrogen-bond acceptors (Lipinski definition) is 5. The molecule has 0 saturated carbocycles. The summed E-state index contributed by atoms with van der Waals surface area (Å²) in [7, 11) is -3.33. The molecule has 0 atom stereocenters. The van der Waals surface area contributed by atoms with E-state index in [1.165, 1.54) is 36.5 Å². The predicted octanol–water partition coefficient (Wildman–Crippen LogP) is 5.23. The zero-order chi connectivity index (χ0) is 21.0. The van der Waals surface area contributed by atoms with Crippen LogP contribution >= 0.6 is 23.2 Å². The quantitative estimate of drug-likeness (QED) is 0.555. The highest BCUT2D eigenvalue weighted by Gasteiger charge is 2.15. The highest BCUT2D eigenvalue weighted by molar-refractivity contribution is 7.91. The molecule has 0 unspecified atom stereocenters. The van der Waals surface area contributed by atoms with E-state index in [4.69, 9.17) is 27.9 Å². The van der Waals surface area contributed by atoms with Crippen LogP contribution in [0.1, 0.15) is 17.3 Å². The van der Waals surface area contributed by atoms with Gasteiger partial charge in [-0.1, -0.05) is 42.3 Å². The average molecular weight is 451 g/mol. The Hall–Kier alpha value is -2.61. The van der Waals surface area contributed by atoms with Crippen LogP contribution in [0.3, 0.4) is 0 Å². The van der Waals surface area contributed by atoms with E-state index in [-0.39, 0.29) is 21.6 Å². The molecule has 1 aromatic heterocycles. The molecule has 0 fully saturated rings. The lowest BCUT2D eigenvalue weighted by Gasteiger charge is -2.12. The van der Waals surface area contributed by atoms with Gasteiger partial charge in [0.2, 0.25) is 5.88 Å². The van der Waals surface area contributed by atoms with E-state index in [1.54, 1.807) is 31.2 Å². The van der Waals surface area contributed by atoms with Crippen molar-refractivity contribution < 1.29 is 17.9 Å². The van der Waals surface area contributed by atoms with Gasteiger partial charge in [0.15, 0.2) is 15.6 Å². The van der Waals surface area contributed by atoms with Gasteiger partial charge in [0.05, 0.1) is 21.4 Å². The molecular weight excluding hydrogens is 435 g/mol. The molecule has 0 aliphatic heterocycles. The van der Waals surface area contributed by atoms with Crippen molar-refractivity contribution >= 4 is 44.6 Å². The SMILES string of the molecule is CCS(=O)(=O)c1ccc(C(=O)Nc2ccccc2Oc2ncc(Cl)cc2Cl)cc1. The number of ether oxygens (including phenoxy) is 1. The molecule has 1 N–H and O–H groups in total. The lowest BCUT2D eigenvalue weighted by molar-refractivity contribution is 0.102. The second-order valence-corrected chi connectivity index (χ2v) is 9.04. The number of pyridine rings is 1. The number of aromatic nitrogens is 1. The molecule has 150 valence electrons. The molecule has 3 aromatic rings. The molecule has 3 rings (SSSR count). The third kappa shape index (κ3) is 5.06. The van der Waals surface area contributed by atoms with Crippen molar-refractivity contribution in [3.63, 3.8) is 0 Å². The molecule has 0 bridgehead atoms. The van der Waals surface area contributed by atoms with Gasteiger partial charge < -0.3 is 10.1 Å². The zero-order valence-electron chi connectivity index (χ0n) is 15.2. The fourth-order valence-corrected chi connectivity index (χ4v) is 3.72. The van der Waals surface area contributed by atoms with Crippen LogP contribution in [0.2, 0.25) is 10.0 Å². The second kappa shape index (κ2) is 8.82. The molecule has 0 saturated heterocycles. The molecule has 0 spiro atoms. The third-order valence-corrected chi connectivity index (χ3v) is 6.20.